The van der Waals surface area contributed by atoms with Gasteiger partial charge in [-0.15, -0.1) is 0 Å². The monoisotopic (exact) mass is 537 g/mol. The van der Waals surface area contributed by atoms with Crippen molar-refractivity contribution in [2.75, 3.05) is 6.54 Å². The van der Waals surface area contributed by atoms with E-state index in [1.54, 1.807) is 45.9 Å². The van der Waals surface area contributed by atoms with Gasteiger partial charge in [-0.1, -0.05) is 44.4 Å². The summed E-state index contributed by atoms with van der Waals surface area (Å²) in [6.45, 7) is 9.22. The number of aryl methyl sites for hydroxylation is 1. The zero-order valence-electron chi connectivity index (χ0n) is 23.3. The van der Waals surface area contributed by atoms with Crippen molar-refractivity contribution in [3.8, 4) is 24.0 Å². The summed E-state index contributed by atoms with van der Waals surface area (Å²) in [4.78, 5) is 41.0. The number of hydrogen-bond donors (Lipinski definition) is 4. The highest BCUT2D eigenvalue weighted by molar-refractivity contribution is 5.93. The molecule has 0 aliphatic heterocycles. The van der Waals surface area contributed by atoms with E-state index in [-0.39, 0.29) is 17.9 Å². The molecule has 2 unspecified atom stereocenters. The smallest absolute Gasteiger partial charge is 0.408 e. The molecule has 0 bridgehead atoms. The van der Waals surface area contributed by atoms with Crippen molar-refractivity contribution in [2.24, 2.45) is 0 Å². The average Bonchev–Trinajstić information content (AvgIpc) is 2.86. The number of terminal acetylenes is 1. The van der Waals surface area contributed by atoms with Gasteiger partial charge in [0.15, 0.2) is 0 Å². The molecule has 0 spiro atoms. The zero-order chi connectivity index (χ0) is 29.2. The van der Waals surface area contributed by atoms with Gasteiger partial charge in [-0.05, 0) is 75.1 Å². The maximum atomic E-state index is 13.9. The molecule has 4 N–H and O–H groups in total. The van der Waals surface area contributed by atoms with Gasteiger partial charge in [0.25, 0.3) is 5.91 Å². The third-order valence-electron chi connectivity index (χ3n) is 5.86. The third kappa shape index (κ3) is 9.56. The summed E-state index contributed by atoms with van der Waals surface area (Å²) in [6, 6.07) is 10.7. The molecule has 9 nitrogen and oxygen atoms in total. The number of hydrogen-bond acceptors (Lipinski definition) is 6. The Bertz CT molecular complexity index is 1180. The molecule has 2 aromatic carbocycles. The number of carbonyl (C=O) groups is 3. The van der Waals surface area contributed by atoms with E-state index < -0.39 is 35.6 Å². The minimum Gasteiger partial charge on any atom is -0.508 e. The van der Waals surface area contributed by atoms with Crippen LogP contribution in [0.15, 0.2) is 42.5 Å². The molecule has 2 atom stereocenters. The Hall–Kier alpha value is -4.19. The number of phenolic OH excluding ortho intramolecular Hbond substituents is 2. The van der Waals surface area contributed by atoms with Gasteiger partial charge >= 0.3 is 6.09 Å². The minimum atomic E-state index is -1.22. The van der Waals surface area contributed by atoms with E-state index in [1.165, 1.54) is 24.3 Å². The molecular weight excluding hydrogens is 498 g/mol. The van der Waals surface area contributed by atoms with Crippen LogP contribution in [0.3, 0.4) is 0 Å². The second-order valence-corrected chi connectivity index (χ2v) is 10.4. The lowest BCUT2D eigenvalue weighted by Gasteiger charge is -2.30. The van der Waals surface area contributed by atoms with Crippen molar-refractivity contribution < 1.29 is 29.3 Å². The molecule has 0 aliphatic carbocycles. The number of unbranched alkanes of at least 4 members (excludes halogenated alkanes) is 2. The minimum absolute atomic E-state index is 0.0238. The second-order valence-electron chi connectivity index (χ2n) is 10.4. The number of amides is 3. The highest BCUT2D eigenvalue weighted by Gasteiger charge is 2.36. The molecule has 0 radical (unpaired) electrons. The number of rotatable bonds is 11. The maximum absolute atomic E-state index is 13.9. The molecule has 0 aromatic heterocycles. The Morgan fingerprint density at radius 3 is 2.31 bits per heavy atom. The first-order valence-corrected chi connectivity index (χ1v) is 13.0. The molecule has 0 fully saturated rings. The summed E-state index contributed by atoms with van der Waals surface area (Å²) in [5.41, 5.74) is 0.741. The van der Waals surface area contributed by atoms with E-state index in [1.807, 2.05) is 0 Å². The Balaban J connectivity index is 2.47. The molecule has 2 aromatic rings. The number of ether oxygens (including phenoxy) is 1. The number of carbonyl (C=O) groups excluding carboxylic acids is 3. The van der Waals surface area contributed by atoms with E-state index in [2.05, 4.69) is 23.6 Å². The highest BCUT2D eigenvalue weighted by Crippen LogP contribution is 2.27. The predicted molar refractivity (Wildman–Crippen MR) is 149 cm³/mol. The second kappa shape index (κ2) is 14.1. The van der Waals surface area contributed by atoms with Gasteiger partial charge in [0.1, 0.15) is 29.2 Å². The summed E-state index contributed by atoms with van der Waals surface area (Å²) in [5, 5.41) is 25.1. The van der Waals surface area contributed by atoms with Crippen molar-refractivity contribution in [3.63, 3.8) is 0 Å². The Kier molecular flexibility index (Phi) is 11.2. The number of phenols is 2. The van der Waals surface area contributed by atoms with Crippen LogP contribution in [0.1, 0.15) is 69.7 Å². The number of alkyl carbamates (subject to hydrolysis) is 1. The number of aromatic hydroxyl groups is 2. The zero-order valence-corrected chi connectivity index (χ0v) is 23.3. The standard InChI is InChI=1S/C30H39N3O6/c1-7-9-10-17-31-27(36)26(22-13-16-25(35)20(3)18-22)33(8-2)28(37)24(32-29(38)39-30(4,5)6)19-21-11-14-23(34)15-12-21/h2,11-16,18,24,26,34-35H,7,9-10,17,19H2,1,3-6H3,(H,31,36)(H,32,38). The molecule has 2 rings (SSSR count). The normalized spacial score (nSPS) is 12.5. The van der Waals surface area contributed by atoms with E-state index in [9.17, 15) is 24.6 Å². The molecule has 0 saturated heterocycles. The fraction of sp³-hybridized carbons (Fsp3) is 0.433. The number of benzene rings is 2. The molecule has 3 amide bonds. The lowest BCUT2D eigenvalue weighted by Crippen LogP contribution is -2.52. The van der Waals surface area contributed by atoms with Gasteiger partial charge in [-0.3, -0.25) is 14.5 Å². The maximum Gasteiger partial charge on any atom is 0.408 e. The summed E-state index contributed by atoms with van der Waals surface area (Å²) >= 11 is 0. The van der Waals surface area contributed by atoms with Crippen LogP contribution in [0.4, 0.5) is 4.79 Å². The first-order valence-electron chi connectivity index (χ1n) is 13.0. The molecule has 9 heteroatoms. The van der Waals surface area contributed by atoms with Gasteiger partial charge in [-0.25, -0.2) is 4.79 Å². The van der Waals surface area contributed by atoms with E-state index in [0.717, 1.165) is 24.2 Å². The van der Waals surface area contributed by atoms with Gasteiger partial charge in [0, 0.05) is 19.0 Å². The van der Waals surface area contributed by atoms with Crippen LogP contribution in [-0.4, -0.2) is 51.2 Å². The van der Waals surface area contributed by atoms with Gasteiger partial charge in [0.2, 0.25) is 5.91 Å². The first-order chi connectivity index (χ1) is 18.4. The van der Waals surface area contributed by atoms with Crippen LogP contribution < -0.4 is 10.6 Å². The lowest BCUT2D eigenvalue weighted by atomic mass is 9.99. The lowest BCUT2D eigenvalue weighted by molar-refractivity contribution is -0.138. The number of nitrogens with zero attached hydrogens (tertiary/aromatic N) is 1. The van der Waals surface area contributed by atoms with Gasteiger partial charge in [0.05, 0.1) is 0 Å². The molecule has 0 saturated carbocycles. The van der Waals surface area contributed by atoms with Crippen LogP contribution in [0.5, 0.6) is 11.5 Å². The molecular formula is C30H39N3O6. The van der Waals surface area contributed by atoms with Crippen molar-refractivity contribution in [1.29, 1.82) is 0 Å². The Morgan fingerprint density at radius 2 is 1.74 bits per heavy atom. The van der Waals surface area contributed by atoms with E-state index >= 15 is 0 Å². The fourth-order valence-electron chi connectivity index (χ4n) is 3.90. The van der Waals surface area contributed by atoms with E-state index in [0.29, 0.717) is 23.2 Å². The van der Waals surface area contributed by atoms with E-state index in [4.69, 9.17) is 11.2 Å². The van der Waals surface area contributed by atoms with Crippen LogP contribution in [-0.2, 0) is 20.7 Å². The van der Waals surface area contributed by atoms with Crippen molar-refractivity contribution in [2.45, 2.75) is 78.0 Å². The SMILES string of the molecule is C#CN(C(=O)C(Cc1ccc(O)cc1)NC(=O)OC(C)(C)C)C(C(=O)NCCCCC)c1ccc(O)c(C)c1. The van der Waals surface area contributed by atoms with Crippen LogP contribution >= 0.6 is 0 Å². The molecule has 0 heterocycles. The topological polar surface area (TPSA) is 128 Å². The summed E-state index contributed by atoms with van der Waals surface area (Å²) in [7, 11) is 0. The first kappa shape index (κ1) is 31.0. The van der Waals surface area contributed by atoms with Crippen LogP contribution in [0.25, 0.3) is 0 Å². The highest BCUT2D eigenvalue weighted by atomic mass is 16.6. The number of nitrogens with one attached hydrogen (secondary N) is 2. The third-order valence-corrected chi connectivity index (χ3v) is 5.86. The van der Waals surface area contributed by atoms with Crippen molar-refractivity contribution in [3.05, 3.63) is 59.2 Å². The Labute approximate surface area is 230 Å². The largest absolute Gasteiger partial charge is 0.508 e. The molecule has 0 aliphatic rings. The summed E-state index contributed by atoms with van der Waals surface area (Å²) in [5.74, 6) is -1.09. The quantitative estimate of drug-likeness (QED) is 0.192. The predicted octanol–water partition coefficient (Wildman–Crippen LogP) is 4.31. The van der Waals surface area contributed by atoms with Crippen molar-refractivity contribution in [1.82, 2.24) is 15.5 Å². The van der Waals surface area contributed by atoms with Gasteiger partial charge in [-0.2, -0.15) is 0 Å². The fourth-order valence-corrected chi connectivity index (χ4v) is 3.90. The van der Waals surface area contributed by atoms with Crippen LogP contribution in [0.2, 0.25) is 0 Å². The van der Waals surface area contributed by atoms with Gasteiger partial charge < -0.3 is 25.6 Å². The van der Waals surface area contributed by atoms with Crippen LogP contribution in [0, 0.1) is 19.4 Å². The molecule has 39 heavy (non-hydrogen) atoms. The average molecular weight is 538 g/mol. The molecule has 210 valence electrons. The summed E-state index contributed by atoms with van der Waals surface area (Å²) < 4.78 is 5.37. The Morgan fingerprint density at radius 1 is 1.08 bits per heavy atom. The van der Waals surface area contributed by atoms with Crippen molar-refractivity contribution >= 4 is 17.9 Å². The summed E-state index contributed by atoms with van der Waals surface area (Å²) in [6.07, 6.45) is 7.69.